The zero-order chi connectivity index (χ0) is 11.5. The van der Waals surface area contributed by atoms with E-state index in [1.807, 2.05) is 19.1 Å². The molecule has 0 radical (unpaired) electrons. The number of carbonyl (C=O) groups is 1. The maximum absolute atomic E-state index is 11.8. The summed E-state index contributed by atoms with van der Waals surface area (Å²) < 4.78 is 0. The van der Waals surface area contributed by atoms with Gasteiger partial charge in [0.25, 0.3) is 5.91 Å². The zero-order valence-corrected chi connectivity index (χ0v) is 10.0. The van der Waals surface area contributed by atoms with Crippen LogP contribution in [-0.2, 0) is 6.42 Å². The number of nitrogens with one attached hydrogen (secondary N) is 2. The number of amides is 1. The van der Waals surface area contributed by atoms with Gasteiger partial charge in [0.05, 0.1) is 11.1 Å². The van der Waals surface area contributed by atoms with Gasteiger partial charge in [-0.1, -0.05) is 6.92 Å². The molecule has 5 heteroatoms. The van der Waals surface area contributed by atoms with Gasteiger partial charge in [-0.2, -0.15) is 5.10 Å². The first kappa shape index (κ1) is 10.9. The minimum absolute atomic E-state index is 0.0861. The van der Waals surface area contributed by atoms with Gasteiger partial charge in [0.15, 0.2) is 0 Å². The molecule has 0 atom stereocenters. The van der Waals surface area contributed by atoms with Crippen molar-refractivity contribution in [1.29, 1.82) is 0 Å². The fourth-order valence-electron chi connectivity index (χ4n) is 1.34. The number of carbonyl (C=O) groups excluding carboxylic acids is 1. The predicted molar refractivity (Wildman–Crippen MR) is 65.0 cm³/mol. The molecule has 0 aliphatic carbocycles. The van der Waals surface area contributed by atoms with E-state index in [-0.39, 0.29) is 5.91 Å². The molecule has 0 saturated carbocycles. The lowest BCUT2D eigenvalue weighted by atomic mass is 10.3. The summed E-state index contributed by atoms with van der Waals surface area (Å²) >= 11 is 1.52. The van der Waals surface area contributed by atoms with E-state index in [0.29, 0.717) is 5.82 Å². The Balaban J connectivity index is 2.11. The van der Waals surface area contributed by atoms with Crippen LogP contribution in [0.3, 0.4) is 0 Å². The summed E-state index contributed by atoms with van der Waals surface area (Å²) in [5, 5.41) is 9.40. The van der Waals surface area contributed by atoms with Crippen molar-refractivity contribution >= 4 is 23.1 Å². The SMILES string of the molecule is CCc1ccc(C(=O)Nc2[nH]ncc2C)s1. The summed E-state index contributed by atoms with van der Waals surface area (Å²) in [5.74, 6) is 0.577. The van der Waals surface area contributed by atoms with E-state index >= 15 is 0 Å². The highest BCUT2D eigenvalue weighted by molar-refractivity contribution is 7.14. The van der Waals surface area contributed by atoms with E-state index < -0.39 is 0 Å². The van der Waals surface area contributed by atoms with E-state index in [1.165, 1.54) is 16.2 Å². The monoisotopic (exact) mass is 235 g/mol. The van der Waals surface area contributed by atoms with Crippen LogP contribution in [0.5, 0.6) is 0 Å². The van der Waals surface area contributed by atoms with Gasteiger partial charge in [-0.05, 0) is 25.5 Å². The third-order valence-corrected chi connectivity index (χ3v) is 3.53. The Hall–Kier alpha value is -1.62. The highest BCUT2D eigenvalue weighted by Crippen LogP contribution is 2.18. The molecule has 1 amide bonds. The summed E-state index contributed by atoms with van der Waals surface area (Å²) in [6.07, 6.45) is 2.64. The Labute approximate surface area is 97.7 Å². The fraction of sp³-hybridized carbons (Fsp3) is 0.273. The minimum Gasteiger partial charge on any atom is -0.306 e. The zero-order valence-electron chi connectivity index (χ0n) is 9.20. The number of hydrogen-bond donors (Lipinski definition) is 2. The summed E-state index contributed by atoms with van der Waals surface area (Å²) in [6, 6.07) is 3.84. The molecule has 2 rings (SSSR count). The van der Waals surface area contributed by atoms with Crippen molar-refractivity contribution in [1.82, 2.24) is 10.2 Å². The number of nitrogens with zero attached hydrogens (tertiary/aromatic N) is 1. The summed E-state index contributed by atoms with van der Waals surface area (Å²) in [5.41, 5.74) is 0.931. The van der Waals surface area contributed by atoms with E-state index in [9.17, 15) is 4.79 Å². The lowest BCUT2D eigenvalue weighted by Gasteiger charge is -2.00. The van der Waals surface area contributed by atoms with Gasteiger partial charge < -0.3 is 5.32 Å². The molecule has 4 nitrogen and oxygen atoms in total. The fourth-order valence-corrected chi connectivity index (χ4v) is 2.18. The van der Waals surface area contributed by atoms with Crippen LogP contribution in [0.2, 0.25) is 0 Å². The highest BCUT2D eigenvalue weighted by atomic mass is 32.1. The van der Waals surface area contributed by atoms with Gasteiger partial charge in [0, 0.05) is 10.4 Å². The van der Waals surface area contributed by atoms with Crippen molar-refractivity contribution in [3.8, 4) is 0 Å². The molecule has 0 aliphatic heterocycles. The van der Waals surface area contributed by atoms with Crippen LogP contribution in [0.25, 0.3) is 0 Å². The van der Waals surface area contributed by atoms with E-state index in [4.69, 9.17) is 0 Å². The minimum atomic E-state index is -0.0861. The first-order chi connectivity index (χ1) is 7.70. The van der Waals surface area contributed by atoms with Crippen molar-refractivity contribution in [2.24, 2.45) is 0 Å². The number of thiophene rings is 1. The molecular weight excluding hydrogens is 222 g/mol. The average molecular weight is 235 g/mol. The van der Waals surface area contributed by atoms with Crippen LogP contribution in [0.4, 0.5) is 5.82 Å². The molecular formula is C11H13N3OS. The standard InChI is InChI=1S/C11H13N3OS/c1-3-8-4-5-9(16-8)11(15)13-10-7(2)6-12-14-10/h4-6H,3H2,1-2H3,(H2,12,13,14,15). The Morgan fingerprint density at radius 1 is 1.56 bits per heavy atom. The number of aromatic nitrogens is 2. The van der Waals surface area contributed by atoms with Crippen LogP contribution in [0.1, 0.15) is 27.0 Å². The van der Waals surface area contributed by atoms with Crippen LogP contribution in [0, 0.1) is 6.92 Å². The van der Waals surface area contributed by atoms with Crippen molar-refractivity contribution in [2.75, 3.05) is 5.32 Å². The predicted octanol–water partition coefficient (Wildman–Crippen LogP) is 2.59. The van der Waals surface area contributed by atoms with Gasteiger partial charge in [-0.15, -0.1) is 11.3 Å². The van der Waals surface area contributed by atoms with Crippen molar-refractivity contribution in [2.45, 2.75) is 20.3 Å². The van der Waals surface area contributed by atoms with Crippen molar-refractivity contribution in [3.63, 3.8) is 0 Å². The summed E-state index contributed by atoms with van der Waals surface area (Å²) in [6.45, 7) is 3.97. The first-order valence-electron chi connectivity index (χ1n) is 5.10. The second-order valence-electron chi connectivity index (χ2n) is 3.50. The number of anilines is 1. The molecule has 0 aliphatic rings. The normalized spacial score (nSPS) is 10.4. The third kappa shape index (κ3) is 2.14. The summed E-state index contributed by atoms with van der Waals surface area (Å²) in [4.78, 5) is 13.8. The first-order valence-corrected chi connectivity index (χ1v) is 5.92. The molecule has 2 aromatic heterocycles. The Morgan fingerprint density at radius 2 is 2.38 bits per heavy atom. The van der Waals surface area contributed by atoms with Gasteiger partial charge in [0.1, 0.15) is 5.82 Å². The molecule has 0 bridgehead atoms. The Bertz CT molecular complexity index is 501. The maximum Gasteiger partial charge on any atom is 0.266 e. The molecule has 84 valence electrons. The number of rotatable bonds is 3. The topological polar surface area (TPSA) is 57.8 Å². The Kier molecular flexibility index (Phi) is 3.05. The van der Waals surface area contributed by atoms with Crippen molar-refractivity contribution in [3.05, 3.63) is 33.6 Å². The van der Waals surface area contributed by atoms with Gasteiger partial charge in [-0.25, -0.2) is 0 Å². The van der Waals surface area contributed by atoms with Crippen LogP contribution in [-0.4, -0.2) is 16.1 Å². The quantitative estimate of drug-likeness (QED) is 0.859. The average Bonchev–Trinajstić information content (AvgIpc) is 2.88. The second-order valence-corrected chi connectivity index (χ2v) is 4.67. The molecule has 2 heterocycles. The van der Waals surface area contributed by atoms with E-state index in [0.717, 1.165) is 16.9 Å². The molecule has 0 fully saturated rings. The highest BCUT2D eigenvalue weighted by Gasteiger charge is 2.10. The van der Waals surface area contributed by atoms with Gasteiger partial charge in [-0.3, -0.25) is 9.89 Å². The van der Waals surface area contributed by atoms with E-state index in [2.05, 4.69) is 22.4 Å². The second kappa shape index (κ2) is 4.49. The third-order valence-electron chi connectivity index (χ3n) is 2.30. The molecule has 16 heavy (non-hydrogen) atoms. The molecule has 0 aromatic carbocycles. The van der Waals surface area contributed by atoms with Gasteiger partial charge in [0.2, 0.25) is 0 Å². The van der Waals surface area contributed by atoms with Crippen LogP contribution >= 0.6 is 11.3 Å². The summed E-state index contributed by atoms with van der Waals surface area (Å²) in [7, 11) is 0. The van der Waals surface area contributed by atoms with Gasteiger partial charge >= 0.3 is 0 Å². The van der Waals surface area contributed by atoms with Crippen molar-refractivity contribution < 1.29 is 4.79 Å². The molecule has 0 spiro atoms. The smallest absolute Gasteiger partial charge is 0.266 e. The maximum atomic E-state index is 11.8. The molecule has 2 aromatic rings. The number of aromatic amines is 1. The number of H-pyrrole nitrogens is 1. The van der Waals surface area contributed by atoms with Crippen LogP contribution in [0.15, 0.2) is 18.3 Å². The lowest BCUT2D eigenvalue weighted by molar-refractivity contribution is 0.103. The molecule has 0 saturated heterocycles. The molecule has 0 unspecified atom stereocenters. The molecule has 2 N–H and O–H groups in total. The lowest BCUT2D eigenvalue weighted by Crippen LogP contribution is -2.11. The largest absolute Gasteiger partial charge is 0.306 e. The van der Waals surface area contributed by atoms with E-state index in [1.54, 1.807) is 6.20 Å². The Morgan fingerprint density at radius 3 is 2.94 bits per heavy atom. The number of aryl methyl sites for hydroxylation is 2. The van der Waals surface area contributed by atoms with Crippen LogP contribution < -0.4 is 5.32 Å². The number of hydrogen-bond acceptors (Lipinski definition) is 3.